The van der Waals surface area contributed by atoms with Gasteiger partial charge in [-0.15, -0.1) is 0 Å². The summed E-state index contributed by atoms with van der Waals surface area (Å²) >= 11 is 0. The van der Waals surface area contributed by atoms with Crippen LogP contribution < -0.4 is 4.72 Å². The molecule has 1 aromatic rings. The number of rotatable bonds is 7. The van der Waals surface area contributed by atoms with E-state index < -0.39 is 21.5 Å². The highest BCUT2D eigenvalue weighted by Gasteiger charge is 2.40. The van der Waals surface area contributed by atoms with Gasteiger partial charge in [-0.2, -0.15) is 0 Å². The van der Waals surface area contributed by atoms with Crippen LogP contribution in [0, 0.1) is 5.92 Å². The monoisotopic (exact) mass is 311 g/mol. The fourth-order valence-corrected chi connectivity index (χ4v) is 3.85. The van der Waals surface area contributed by atoms with Gasteiger partial charge in [0.2, 0.25) is 10.0 Å². The molecule has 0 bridgehead atoms. The molecule has 6 heteroatoms. The van der Waals surface area contributed by atoms with Gasteiger partial charge in [0.1, 0.15) is 0 Å². The van der Waals surface area contributed by atoms with E-state index in [9.17, 15) is 13.2 Å². The van der Waals surface area contributed by atoms with Crippen molar-refractivity contribution >= 4 is 16.0 Å². The van der Waals surface area contributed by atoms with Crippen LogP contribution in [0.15, 0.2) is 29.2 Å². The average molecular weight is 311 g/mol. The molecule has 0 atom stereocenters. The topological polar surface area (TPSA) is 83.5 Å². The minimum atomic E-state index is -3.54. The van der Waals surface area contributed by atoms with Crippen LogP contribution in [-0.2, 0) is 21.2 Å². The predicted molar refractivity (Wildman–Crippen MR) is 79.5 cm³/mol. The van der Waals surface area contributed by atoms with E-state index in [2.05, 4.69) is 4.72 Å². The second-order valence-corrected chi connectivity index (χ2v) is 7.82. The van der Waals surface area contributed by atoms with E-state index in [0.29, 0.717) is 12.3 Å². The summed E-state index contributed by atoms with van der Waals surface area (Å²) in [5.74, 6) is -0.457. The van der Waals surface area contributed by atoms with Crippen LogP contribution >= 0.6 is 0 Å². The summed E-state index contributed by atoms with van der Waals surface area (Å²) in [6.45, 7) is 3.81. The van der Waals surface area contributed by atoms with E-state index in [1.807, 2.05) is 13.8 Å². The van der Waals surface area contributed by atoms with Gasteiger partial charge >= 0.3 is 5.97 Å². The second-order valence-electron chi connectivity index (χ2n) is 6.14. The Kier molecular flexibility index (Phi) is 4.39. The van der Waals surface area contributed by atoms with E-state index in [-0.39, 0.29) is 11.3 Å². The molecular weight excluding hydrogens is 290 g/mol. The quantitative estimate of drug-likeness (QED) is 0.808. The molecule has 5 nitrogen and oxygen atoms in total. The highest BCUT2D eigenvalue weighted by atomic mass is 32.2. The lowest BCUT2D eigenvalue weighted by Crippen LogP contribution is -2.45. The van der Waals surface area contributed by atoms with Crippen molar-refractivity contribution in [1.29, 1.82) is 0 Å². The number of aryl methyl sites for hydroxylation is 1. The summed E-state index contributed by atoms with van der Waals surface area (Å²) < 4.78 is 27.5. The molecule has 116 valence electrons. The molecule has 0 spiro atoms. The number of carbonyl (C=O) groups is 1. The number of sulfonamides is 1. The van der Waals surface area contributed by atoms with Gasteiger partial charge in [-0.25, -0.2) is 13.1 Å². The van der Waals surface area contributed by atoms with Crippen molar-refractivity contribution in [3.63, 3.8) is 0 Å². The van der Waals surface area contributed by atoms with Crippen molar-refractivity contribution in [2.75, 3.05) is 0 Å². The van der Waals surface area contributed by atoms with Crippen molar-refractivity contribution in [1.82, 2.24) is 4.72 Å². The van der Waals surface area contributed by atoms with Gasteiger partial charge in [0.25, 0.3) is 0 Å². The fraction of sp³-hybridized carbons (Fsp3) is 0.533. The number of hydrogen-bond donors (Lipinski definition) is 2. The summed E-state index contributed by atoms with van der Waals surface area (Å²) in [6.07, 6.45) is 2.56. The molecule has 0 unspecified atom stereocenters. The van der Waals surface area contributed by atoms with E-state index in [1.165, 1.54) is 12.1 Å². The van der Waals surface area contributed by atoms with E-state index in [1.54, 1.807) is 12.1 Å². The molecule has 0 saturated heterocycles. The summed E-state index contributed by atoms with van der Waals surface area (Å²) in [6, 6.07) is 6.40. The van der Waals surface area contributed by atoms with Gasteiger partial charge < -0.3 is 5.11 Å². The van der Waals surface area contributed by atoms with Gasteiger partial charge in [-0.3, -0.25) is 4.79 Å². The van der Waals surface area contributed by atoms with Gasteiger partial charge in [0.05, 0.1) is 4.90 Å². The lowest BCUT2D eigenvalue weighted by atomic mass is 10.0. The summed E-state index contributed by atoms with van der Waals surface area (Å²) in [7, 11) is -3.54. The Labute approximate surface area is 125 Å². The first-order valence-electron chi connectivity index (χ1n) is 7.05. The number of carboxylic acid groups (broad SMARTS) is 1. The van der Waals surface area contributed by atoms with Gasteiger partial charge in [0, 0.05) is 12.0 Å². The largest absolute Gasteiger partial charge is 0.481 e. The smallest absolute Gasteiger partial charge is 0.303 e. The van der Waals surface area contributed by atoms with Crippen molar-refractivity contribution in [3.05, 3.63) is 29.8 Å². The number of benzene rings is 1. The Hall–Kier alpha value is -1.40. The third-order valence-corrected chi connectivity index (χ3v) is 5.54. The third kappa shape index (κ3) is 4.28. The molecule has 1 aliphatic carbocycles. The highest BCUT2D eigenvalue weighted by Crippen LogP contribution is 2.39. The summed E-state index contributed by atoms with van der Waals surface area (Å²) in [4.78, 5) is 10.7. The number of aliphatic carboxylic acids is 1. The zero-order valence-electron chi connectivity index (χ0n) is 12.3. The molecule has 0 amide bonds. The zero-order chi connectivity index (χ0) is 15.7. The molecular formula is C15H21NO4S. The van der Waals surface area contributed by atoms with Gasteiger partial charge in [0.15, 0.2) is 0 Å². The Morgan fingerprint density at radius 1 is 1.29 bits per heavy atom. The number of carboxylic acids is 1. The molecule has 0 radical (unpaired) electrons. The lowest BCUT2D eigenvalue weighted by molar-refractivity contribution is -0.136. The Bertz CT molecular complexity index is 616. The fourth-order valence-electron chi connectivity index (χ4n) is 2.38. The first kappa shape index (κ1) is 16.0. The normalized spacial score (nSPS) is 15.9. The van der Waals surface area contributed by atoms with Gasteiger partial charge in [-0.05, 0) is 56.7 Å². The average Bonchev–Trinajstić information content (AvgIpc) is 3.20. The Morgan fingerprint density at radius 2 is 1.86 bits per heavy atom. The zero-order valence-corrected chi connectivity index (χ0v) is 13.1. The Balaban J connectivity index is 2.08. The molecule has 0 heterocycles. The number of nitrogens with one attached hydrogen (secondary N) is 1. The molecule has 2 N–H and O–H groups in total. The second kappa shape index (κ2) is 5.77. The molecule has 1 fully saturated rings. The summed E-state index contributed by atoms with van der Waals surface area (Å²) in [5, 5.41) is 8.64. The van der Waals surface area contributed by atoms with Crippen molar-refractivity contribution in [2.45, 2.75) is 50.0 Å². The van der Waals surface area contributed by atoms with Crippen LogP contribution in [0.25, 0.3) is 0 Å². The molecule has 0 aliphatic heterocycles. The van der Waals surface area contributed by atoms with Crippen LogP contribution in [0.3, 0.4) is 0 Å². The maximum Gasteiger partial charge on any atom is 0.303 e. The number of hydrogen-bond acceptors (Lipinski definition) is 3. The van der Waals surface area contributed by atoms with Crippen molar-refractivity contribution < 1.29 is 18.3 Å². The maximum atomic E-state index is 12.4. The van der Waals surface area contributed by atoms with Crippen LogP contribution in [0.1, 0.15) is 38.7 Å². The third-order valence-electron chi connectivity index (χ3n) is 3.86. The van der Waals surface area contributed by atoms with Crippen LogP contribution in [0.4, 0.5) is 0 Å². The van der Waals surface area contributed by atoms with E-state index in [0.717, 1.165) is 18.4 Å². The molecule has 1 aliphatic rings. The van der Waals surface area contributed by atoms with Gasteiger partial charge in [-0.1, -0.05) is 12.1 Å². The highest BCUT2D eigenvalue weighted by molar-refractivity contribution is 7.89. The standard InChI is InChI=1S/C15H21NO4S/c1-15(2,12-6-7-12)16-21(19,20)13-8-3-11(4-9-13)5-10-14(17)18/h3-4,8-9,12,16H,5-7,10H2,1-2H3,(H,17,18). The molecule has 1 aromatic carbocycles. The first-order valence-corrected chi connectivity index (χ1v) is 8.54. The summed E-state index contributed by atoms with van der Waals surface area (Å²) in [5.41, 5.74) is 0.388. The Morgan fingerprint density at radius 3 is 2.33 bits per heavy atom. The SMILES string of the molecule is CC(C)(NS(=O)(=O)c1ccc(CCC(=O)O)cc1)C1CC1. The lowest BCUT2D eigenvalue weighted by Gasteiger charge is -2.25. The van der Waals surface area contributed by atoms with E-state index >= 15 is 0 Å². The maximum absolute atomic E-state index is 12.4. The van der Waals surface area contributed by atoms with E-state index in [4.69, 9.17) is 5.11 Å². The van der Waals surface area contributed by atoms with Crippen molar-refractivity contribution in [2.24, 2.45) is 5.92 Å². The molecule has 0 aromatic heterocycles. The van der Waals surface area contributed by atoms with Crippen LogP contribution in [0.2, 0.25) is 0 Å². The molecule has 21 heavy (non-hydrogen) atoms. The molecule has 2 rings (SSSR count). The predicted octanol–water partition coefficient (Wildman–Crippen LogP) is 2.17. The minimum Gasteiger partial charge on any atom is -0.481 e. The van der Waals surface area contributed by atoms with Crippen LogP contribution in [0.5, 0.6) is 0 Å². The minimum absolute atomic E-state index is 0.0407. The van der Waals surface area contributed by atoms with Crippen LogP contribution in [-0.4, -0.2) is 25.0 Å². The molecule has 1 saturated carbocycles. The van der Waals surface area contributed by atoms with Crippen molar-refractivity contribution in [3.8, 4) is 0 Å². The first-order chi connectivity index (χ1) is 9.71.